The fraction of sp³-hybridized carbons (Fsp3) is 0.556. The van der Waals surface area contributed by atoms with Gasteiger partial charge in [0.1, 0.15) is 5.75 Å². The number of unbranched alkanes of at least 4 members (excludes halogenated alkanes) is 2. The molecule has 6 heteroatoms. The van der Waals surface area contributed by atoms with Crippen LogP contribution in [-0.2, 0) is 4.79 Å². The second-order valence-electron chi connectivity index (χ2n) is 6.18. The standard InChI is InChI=1S/C18H27N3O3/c1-2-3-4-12-24-16-9-7-14(8-10-16)18(23)21-11-5-6-15(13-21)17(22)20-19/h7-10,15H,2-6,11-13,19H2,1H3,(H,20,22). The summed E-state index contributed by atoms with van der Waals surface area (Å²) in [5, 5.41) is 0. The van der Waals surface area contributed by atoms with Crippen LogP contribution in [0.15, 0.2) is 24.3 Å². The number of ether oxygens (including phenoxy) is 1. The van der Waals surface area contributed by atoms with Gasteiger partial charge in [0.25, 0.3) is 5.91 Å². The molecule has 1 aliphatic heterocycles. The van der Waals surface area contributed by atoms with Gasteiger partial charge < -0.3 is 9.64 Å². The van der Waals surface area contributed by atoms with E-state index in [2.05, 4.69) is 12.3 Å². The molecule has 1 saturated heterocycles. The molecule has 1 fully saturated rings. The number of likely N-dealkylation sites (tertiary alicyclic amines) is 1. The molecule has 0 bridgehead atoms. The van der Waals surface area contributed by atoms with E-state index in [1.165, 1.54) is 0 Å². The fourth-order valence-electron chi connectivity index (χ4n) is 2.91. The molecule has 2 rings (SSSR count). The first-order valence-corrected chi connectivity index (χ1v) is 8.68. The minimum Gasteiger partial charge on any atom is -0.494 e. The molecule has 1 aromatic carbocycles. The highest BCUT2D eigenvalue weighted by molar-refractivity contribution is 5.94. The highest BCUT2D eigenvalue weighted by Crippen LogP contribution is 2.20. The minimum absolute atomic E-state index is 0.0537. The van der Waals surface area contributed by atoms with Gasteiger partial charge in [-0.3, -0.25) is 15.0 Å². The number of hydrazine groups is 1. The van der Waals surface area contributed by atoms with Crippen LogP contribution in [0.4, 0.5) is 0 Å². The highest BCUT2D eigenvalue weighted by Gasteiger charge is 2.28. The van der Waals surface area contributed by atoms with Gasteiger partial charge in [-0.05, 0) is 43.5 Å². The Morgan fingerprint density at radius 1 is 1.29 bits per heavy atom. The Morgan fingerprint density at radius 3 is 2.71 bits per heavy atom. The molecule has 2 amide bonds. The molecule has 1 unspecified atom stereocenters. The maximum absolute atomic E-state index is 12.6. The topological polar surface area (TPSA) is 84.7 Å². The first-order chi connectivity index (χ1) is 11.7. The van der Waals surface area contributed by atoms with Crippen molar-refractivity contribution >= 4 is 11.8 Å². The number of piperidine rings is 1. The maximum Gasteiger partial charge on any atom is 0.253 e. The van der Waals surface area contributed by atoms with Gasteiger partial charge in [0, 0.05) is 18.7 Å². The fourth-order valence-corrected chi connectivity index (χ4v) is 2.91. The van der Waals surface area contributed by atoms with Crippen molar-refractivity contribution in [3.8, 4) is 5.75 Å². The third-order valence-electron chi connectivity index (χ3n) is 4.34. The van der Waals surface area contributed by atoms with Crippen LogP contribution in [0, 0.1) is 5.92 Å². The van der Waals surface area contributed by atoms with E-state index in [0.717, 1.165) is 37.9 Å². The number of amides is 2. The summed E-state index contributed by atoms with van der Waals surface area (Å²) >= 11 is 0. The normalized spacial score (nSPS) is 17.4. The van der Waals surface area contributed by atoms with Crippen LogP contribution in [0.5, 0.6) is 5.75 Å². The van der Waals surface area contributed by atoms with Gasteiger partial charge in [-0.2, -0.15) is 0 Å². The van der Waals surface area contributed by atoms with E-state index >= 15 is 0 Å². The molecular formula is C18H27N3O3. The zero-order valence-electron chi connectivity index (χ0n) is 14.3. The number of nitrogens with two attached hydrogens (primary N) is 1. The number of hydrogen-bond donors (Lipinski definition) is 2. The van der Waals surface area contributed by atoms with Crippen LogP contribution in [0.2, 0.25) is 0 Å². The lowest BCUT2D eigenvalue weighted by Crippen LogP contribution is -2.46. The number of carbonyl (C=O) groups is 2. The average Bonchev–Trinajstić information content (AvgIpc) is 2.64. The second kappa shape index (κ2) is 9.27. The molecule has 1 atom stereocenters. The predicted molar refractivity (Wildman–Crippen MR) is 92.4 cm³/mol. The first-order valence-electron chi connectivity index (χ1n) is 8.68. The molecule has 0 radical (unpaired) electrons. The van der Waals surface area contributed by atoms with E-state index in [0.29, 0.717) is 25.3 Å². The van der Waals surface area contributed by atoms with Crippen molar-refractivity contribution in [2.45, 2.75) is 39.0 Å². The van der Waals surface area contributed by atoms with Crippen molar-refractivity contribution in [1.29, 1.82) is 0 Å². The van der Waals surface area contributed by atoms with Crippen LogP contribution in [-0.4, -0.2) is 36.4 Å². The quantitative estimate of drug-likeness (QED) is 0.346. The molecule has 0 spiro atoms. The van der Waals surface area contributed by atoms with Crippen LogP contribution in [0.1, 0.15) is 49.4 Å². The van der Waals surface area contributed by atoms with E-state index in [-0.39, 0.29) is 17.7 Å². The Morgan fingerprint density at radius 2 is 2.04 bits per heavy atom. The van der Waals surface area contributed by atoms with Gasteiger partial charge in [0.2, 0.25) is 5.91 Å². The summed E-state index contributed by atoms with van der Waals surface area (Å²) in [5.74, 6) is 5.49. The van der Waals surface area contributed by atoms with E-state index in [1.54, 1.807) is 17.0 Å². The van der Waals surface area contributed by atoms with Crippen molar-refractivity contribution in [2.24, 2.45) is 11.8 Å². The summed E-state index contributed by atoms with van der Waals surface area (Å²) in [6.07, 6.45) is 4.92. The summed E-state index contributed by atoms with van der Waals surface area (Å²) in [6, 6.07) is 7.22. The number of carbonyl (C=O) groups excluding carboxylic acids is 2. The lowest BCUT2D eigenvalue weighted by atomic mass is 9.97. The van der Waals surface area contributed by atoms with Crippen molar-refractivity contribution in [3.63, 3.8) is 0 Å². The summed E-state index contributed by atoms with van der Waals surface area (Å²) in [5.41, 5.74) is 2.79. The van der Waals surface area contributed by atoms with Crippen molar-refractivity contribution in [2.75, 3.05) is 19.7 Å². The van der Waals surface area contributed by atoms with E-state index in [1.807, 2.05) is 12.1 Å². The summed E-state index contributed by atoms with van der Waals surface area (Å²) < 4.78 is 5.66. The number of hydrogen-bond acceptors (Lipinski definition) is 4. The molecule has 6 nitrogen and oxygen atoms in total. The Balaban J connectivity index is 1.90. The Bertz CT molecular complexity index is 545. The number of benzene rings is 1. The smallest absolute Gasteiger partial charge is 0.253 e. The van der Waals surface area contributed by atoms with E-state index in [4.69, 9.17) is 10.6 Å². The Labute approximate surface area is 143 Å². The van der Waals surface area contributed by atoms with Crippen LogP contribution in [0.3, 0.4) is 0 Å². The third kappa shape index (κ3) is 4.96. The monoisotopic (exact) mass is 333 g/mol. The summed E-state index contributed by atoms with van der Waals surface area (Å²) in [4.78, 5) is 26.0. The second-order valence-corrected chi connectivity index (χ2v) is 6.18. The molecule has 0 saturated carbocycles. The molecule has 3 N–H and O–H groups in total. The molecule has 0 aliphatic carbocycles. The van der Waals surface area contributed by atoms with Gasteiger partial charge in [-0.15, -0.1) is 0 Å². The SMILES string of the molecule is CCCCCOc1ccc(C(=O)N2CCCC(C(=O)NN)C2)cc1. The van der Waals surface area contributed by atoms with Crippen molar-refractivity contribution in [3.05, 3.63) is 29.8 Å². The largest absolute Gasteiger partial charge is 0.494 e. The average molecular weight is 333 g/mol. The molecular weight excluding hydrogens is 306 g/mol. The highest BCUT2D eigenvalue weighted by atomic mass is 16.5. The summed E-state index contributed by atoms with van der Waals surface area (Å²) in [7, 11) is 0. The zero-order valence-corrected chi connectivity index (χ0v) is 14.3. The lowest BCUT2D eigenvalue weighted by Gasteiger charge is -2.31. The van der Waals surface area contributed by atoms with Crippen LogP contribution in [0.25, 0.3) is 0 Å². The van der Waals surface area contributed by atoms with Crippen LogP contribution < -0.4 is 16.0 Å². The number of rotatable bonds is 7. The number of nitrogens with zero attached hydrogens (tertiary/aromatic N) is 1. The molecule has 132 valence electrons. The minimum atomic E-state index is -0.228. The zero-order chi connectivity index (χ0) is 17.4. The Hall–Kier alpha value is -2.08. The van der Waals surface area contributed by atoms with Crippen molar-refractivity contribution in [1.82, 2.24) is 10.3 Å². The van der Waals surface area contributed by atoms with Gasteiger partial charge in [0.05, 0.1) is 12.5 Å². The molecule has 1 aliphatic rings. The van der Waals surface area contributed by atoms with Gasteiger partial charge in [-0.1, -0.05) is 19.8 Å². The van der Waals surface area contributed by atoms with Gasteiger partial charge in [-0.25, -0.2) is 5.84 Å². The predicted octanol–water partition coefficient (Wildman–Crippen LogP) is 2.10. The third-order valence-corrected chi connectivity index (χ3v) is 4.34. The lowest BCUT2D eigenvalue weighted by molar-refractivity contribution is -0.126. The summed E-state index contributed by atoms with van der Waals surface area (Å²) in [6.45, 7) is 3.94. The van der Waals surface area contributed by atoms with Crippen molar-refractivity contribution < 1.29 is 14.3 Å². The molecule has 0 aromatic heterocycles. The Kier molecular flexibility index (Phi) is 7.06. The van der Waals surface area contributed by atoms with Crippen LogP contribution >= 0.6 is 0 Å². The number of nitrogens with one attached hydrogen (secondary N) is 1. The molecule has 1 heterocycles. The molecule has 1 aromatic rings. The first kappa shape index (κ1) is 18.3. The van der Waals surface area contributed by atoms with Gasteiger partial charge in [0.15, 0.2) is 0 Å². The maximum atomic E-state index is 12.6. The van der Waals surface area contributed by atoms with E-state index in [9.17, 15) is 9.59 Å². The van der Waals surface area contributed by atoms with E-state index < -0.39 is 0 Å². The van der Waals surface area contributed by atoms with Gasteiger partial charge >= 0.3 is 0 Å². The molecule has 24 heavy (non-hydrogen) atoms.